The number of hydrogen-bond acceptors (Lipinski definition) is 7. The molecular formula is C18H17ClN4O3S3. The van der Waals surface area contributed by atoms with E-state index in [1.165, 1.54) is 41.3 Å². The van der Waals surface area contributed by atoms with Gasteiger partial charge in [-0.15, -0.1) is 10.2 Å². The molecule has 0 unspecified atom stereocenters. The Bertz CT molecular complexity index is 1120. The summed E-state index contributed by atoms with van der Waals surface area (Å²) in [6, 6.07) is 12.8. The Kier molecular flexibility index (Phi) is 6.78. The molecule has 0 spiro atoms. The summed E-state index contributed by atoms with van der Waals surface area (Å²) in [5.74, 6) is -0.537. The second-order valence-electron chi connectivity index (χ2n) is 5.88. The van der Waals surface area contributed by atoms with Gasteiger partial charge in [0.1, 0.15) is 6.54 Å². The largest absolute Gasteiger partial charge is 0.299 e. The molecule has 0 radical (unpaired) electrons. The molecule has 0 fully saturated rings. The van der Waals surface area contributed by atoms with Crippen LogP contribution in [0.1, 0.15) is 5.56 Å². The average molecular weight is 469 g/mol. The number of hydrogen-bond donors (Lipinski definition) is 1. The van der Waals surface area contributed by atoms with Crippen molar-refractivity contribution in [2.45, 2.75) is 16.2 Å². The summed E-state index contributed by atoms with van der Waals surface area (Å²) in [5, 5.41) is 11.1. The molecule has 0 atom stereocenters. The Morgan fingerprint density at radius 1 is 1.21 bits per heavy atom. The second-order valence-corrected chi connectivity index (χ2v) is 10.2. The molecular weight excluding hydrogens is 452 g/mol. The van der Waals surface area contributed by atoms with Crippen LogP contribution in [-0.4, -0.2) is 37.3 Å². The molecule has 0 saturated carbocycles. The SMILES string of the molecule is CSc1nnc(NC(=O)CN(c2ccc(C)c(Cl)c2)S(=O)(=O)c2ccccc2)s1. The lowest BCUT2D eigenvalue weighted by Crippen LogP contribution is -2.38. The lowest BCUT2D eigenvalue weighted by molar-refractivity contribution is -0.114. The molecule has 29 heavy (non-hydrogen) atoms. The highest BCUT2D eigenvalue weighted by Crippen LogP contribution is 2.28. The molecule has 1 N–H and O–H groups in total. The number of anilines is 2. The number of carbonyl (C=O) groups is 1. The zero-order chi connectivity index (χ0) is 21.0. The number of amides is 1. The number of aromatic nitrogens is 2. The highest BCUT2D eigenvalue weighted by molar-refractivity contribution is 8.00. The molecule has 0 aliphatic heterocycles. The third-order valence-corrected chi connectivity index (χ3v) is 7.90. The first-order valence-electron chi connectivity index (χ1n) is 8.32. The maximum atomic E-state index is 13.2. The summed E-state index contributed by atoms with van der Waals surface area (Å²) in [5.41, 5.74) is 1.09. The van der Waals surface area contributed by atoms with E-state index in [2.05, 4.69) is 15.5 Å². The van der Waals surface area contributed by atoms with Crippen molar-refractivity contribution in [1.29, 1.82) is 0 Å². The Morgan fingerprint density at radius 3 is 2.55 bits per heavy atom. The van der Waals surface area contributed by atoms with Gasteiger partial charge < -0.3 is 0 Å². The van der Waals surface area contributed by atoms with Crippen LogP contribution in [0.3, 0.4) is 0 Å². The van der Waals surface area contributed by atoms with Crippen molar-refractivity contribution in [2.24, 2.45) is 0 Å². The van der Waals surface area contributed by atoms with E-state index in [0.717, 1.165) is 9.87 Å². The van der Waals surface area contributed by atoms with Crippen molar-refractivity contribution in [3.05, 3.63) is 59.1 Å². The van der Waals surface area contributed by atoms with Gasteiger partial charge in [-0.2, -0.15) is 0 Å². The number of rotatable bonds is 7. The zero-order valence-electron chi connectivity index (χ0n) is 15.5. The van der Waals surface area contributed by atoms with Gasteiger partial charge in [0.15, 0.2) is 4.34 Å². The number of carbonyl (C=O) groups excluding carboxylic acids is 1. The van der Waals surface area contributed by atoms with Gasteiger partial charge in [-0.05, 0) is 43.0 Å². The van der Waals surface area contributed by atoms with Gasteiger partial charge >= 0.3 is 0 Å². The molecule has 2 aromatic carbocycles. The van der Waals surface area contributed by atoms with Crippen LogP contribution in [0.5, 0.6) is 0 Å². The van der Waals surface area contributed by atoms with Gasteiger partial charge in [-0.25, -0.2) is 8.42 Å². The molecule has 1 heterocycles. The minimum atomic E-state index is -3.99. The monoisotopic (exact) mass is 468 g/mol. The topological polar surface area (TPSA) is 92.3 Å². The molecule has 0 aliphatic rings. The number of thioether (sulfide) groups is 1. The van der Waals surface area contributed by atoms with Crippen LogP contribution in [0, 0.1) is 6.92 Å². The van der Waals surface area contributed by atoms with Gasteiger partial charge in [-0.1, -0.05) is 59.0 Å². The first-order chi connectivity index (χ1) is 13.8. The van der Waals surface area contributed by atoms with E-state index in [1.807, 2.05) is 13.2 Å². The van der Waals surface area contributed by atoms with E-state index in [0.29, 0.717) is 20.2 Å². The van der Waals surface area contributed by atoms with Gasteiger partial charge in [-0.3, -0.25) is 14.4 Å². The summed E-state index contributed by atoms with van der Waals surface area (Å²) in [6.45, 7) is 1.37. The number of aryl methyl sites for hydroxylation is 1. The molecule has 1 aromatic heterocycles. The first-order valence-corrected chi connectivity index (χ1v) is 12.2. The van der Waals surface area contributed by atoms with Crippen LogP contribution < -0.4 is 9.62 Å². The van der Waals surface area contributed by atoms with Crippen molar-refractivity contribution >= 4 is 61.4 Å². The fourth-order valence-electron chi connectivity index (χ4n) is 2.40. The molecule has 0 saturated heterocycles. The van der Waals surface area contributed by atoms with Gasteiger partial charge in [0, 0.05) is 5.02 Å². The maximum absolute atomic E-state index is 13.2. The smallest absolute Gasteiger partial charge is 0.264 e. The number of benzene rings is 2. The van der Waals surface area contributed by atoms with Crippen LogP contribution in [0.2, 0.25) is 5.02 Å². The summed E-state index contributed by atoms with van der Waals surface area (Å²) in [4.78, 5) is 12.7. The van der Waals surface area contributed by atoms with E-state index in [-0.39, 0.29) is 4.90 Å². The third-order valence-electron chi connectivity index (χ3n) is 3.89. The minimum Gasteiger partial charge on any atom is -0.299 e. The Morgan fingerprint density at radius 2 is 1.93 bits per heavy atom. The molecule has 11 heteroatoms. The average Bonchev–Trinajstić information content (AvgIpc) is 3.16. The summed E-state index contributed by atoms with van der Waals surface area (Å²) in [6.07, 6.45) is 1.85. The van der Waals surface area contributed by atoms with E-state index >= 15 is 0 Å². The number of halogens is 1. The quantitative estimate of drug-likeness (QED) is 0.415. The first kappa shape index (κ1) is 21.6. The Balaban J connectivity index is 1.94. The van der Waals surface area contributed by atoms with Gasteiger partial charge in [0.2, 0.25) is 11.0 Å². The lowest BCUT2D eigenvalue weighted by atomic mass is 10.2. The molecule has 7 nitrogen and oxygen atoms in total. The third kappa shape index (κ3) is 5.08. The fraction of sp³-hybridized carbons (Fsp3) is 0.167. The summed E-state index contributed by atoms with van der Waals surface area (Å²) in [7, 11) is -3.99. The minimum absolute atomic E-state index is 0.0741. The van der Waals surface area contributed by atoms with Crippen molar-refractivity contribution in [1.82, 2.24) is 10.2 Å². The predicted molar refractivity (Wildman–Crippen MR) is 117 cm³/mol. The van der Waals surface area contributed by atoms with E-state index < -0.39 is 22.5 Å². The predicted octanol–water partition coefficient (Wildman–Crippen LogP) is 4.06. The molecule has 1 amide bonds. The lowest BCUT2D eigenvalue weighted by Gasteiger charge is -2.24. The van der Waals surface area contributed by atoms with Gasteiger partial charge in [0.25, 0.3) is 10.0 Å². The summed E-state index contributed by atoms with van der Waals surface area (Å²) < 4.78 is 28.2. The van der Waals surface area contributed by atoms with Crippen molar-refractivity contribution < 1.29 is 13.2 Å². The van der Waals surface area contributed by atoms with Crippen LogP contribution in [0.4, 0.5) is 10.8 Å². The van der Waals surface area contributed by atoms with E-state index in [1.54, 1.807) is 30.3 Å². The van der Waals surface area contributed by atoms with Crippen LogP contribution in [-0.2, 0) is 14.8 Å². The van der Waals surface area contributed by atoms with Crippen LogP contribution >= 0.6 is 34.7 Å². The molecule has 0 bridgehead atoms. The van der Waals surface area contributed by atoms with Crippen molar-refractivity contribution in [3.63, 3.8) is 0 Å². The number of sulfonamides is 1. The van der Waals surface area contributed by atoms with Crippen molar-refractivity contribution in [2.75, 3.05) is 22.4 Å². The van der Waals surface area contributed by atoms with Crippen LogP contribution in [0.15, 0.2) is 57.8 Å². The van der Waals surface area contributed by atoms with Crippen molar-refractivity contribution in [3.8, 4) is 0 Å². The maximum Gasteiger partial charge on any atom is 0.264 e. The van der Waals surface area contributed by atoms with Gasteiger partial charge in [0.05, 0.1) is 10.6 Å². The van der Waals surface area contributed by atoms with E-state index in [9.17, 15) is 13.2 Å². The Labute approximate surface area is 182 Å². The number of nitrogens with zero attached hydrogens (tertiary/aromatic N) is 3. The normalized spacial score (nSPS) is 11.3. The summed E-state index contributed by atoms with van der Waals surface area (Å²) >= 11 is 8.81. The van der Waals surface area contributed by atoms with Crippen LogP contribution in [0.25, 0.3) is 0 Å². The number of nitrogens with one attached hydrogen (secondary N) is 1. The second kappa shape index (κ2) is 9.12. The molecule has 3 rings (SSSR count). The Hall–Kier alpha value is -2.14. The molecule has 152 valence electrons. The standard InChI is InChI=1S/C18H17ClN4O3S3/c1-12-8-9-13(10-15(12)19)23(29(25,26)14-6-4-3-5-7-14)11-16(24)20-17-21-22-18(27-2)28-17/h3-10H,11H2,1-2H3,(H,20,21,24). The van der Waals surface area contributed by atoms with E-state index in [4.69, 9.17) is 11.6 Å². The highest BCUT2D eigenvalue weighted by Gasteiger charge is 2.27. The highest BCUT2D eigenvalue weighted by atomic mass is 35.5. The zero-order valence-corrected chi connectivity index (χ0v) is 18.7. The fourth-order valence-corrected chi connectivity index (χ4v) is 5.20. The molecule has 3 aromatic rings. The molecule has 0 aliphatic carbocycles.